The Labute approximate surface area is 125 Å². The van der Waals surface area contributed by atoms with Crippen molar-refractivity contribution < 1.29 is 0 Å². The third-order valence-electron chi connectivity index (χ3n) is 4.01. The highest BCUT2D eigenvalue weighted by Crippen LogP contribution is 2.25. The molecule has 1 aromatic heterocycles. The molecular weight excluding hydrogens is 264 g/mol. The van der Waals surface area contributed by atoms with E-state index in [1.807, 2.05) is 11.3 Å². The summed E-state index contributed by atoms with van der Waals surface area (Å²) >= 11 is 1.82. The molecule has 2 aromatic rings. The number of nitrogens with zero attached hydrogens (tertiary/aromatic N) is 1. The first-order valence-corrected chi connectivity index (χ1v) is 8.32. The number of benzene rings is 1. The monoisotopic (exact) mass is 286 g/mol. The van der Waals surface area contributed by atoms with Gasteiger partial charge in [-0.25, -0.2) is 0 Å². The van der Waals surface area contributed by atoms with Crippen molar-refractivity contribution in [3.05, 3.63) is 52.2 Å². The highest BCUT2D eigenvalue weighted by Gasteiger charge is 2.15. The predicted molar refractivity (Wildman–Crippen MR) is 87.5 cm³/mol. The van der Waals surface area contributed by atoms with Crippen molar-refractivity contribution in [3.8, 4) is 0 Å². The zero-order valence-corrected chi connectivity index (χ0v) is 12.8. The lowest BCUT2D eigenvalue weighted by Gasteiger charge is -2.22. The normalized spacial score (nSPS) is 16.6. The van der Waals surface area contributed by atoms with Crippen molar-refractivity contribution in [1.29, 1.82) is 0 Å². The maximum Gasteiger partial charge on any atom is 0.0411 e. The number of rotatable bonds is 5. The van der Waals surface area contributed by atoms with Gasteiger partial charge in [0, 0.05) is 36.2 Å². The van der Waals surface area contributed by atoms with Gasteiger partial charge in [-0.1, -0.05) is 24.3 Å². The smallest absolute Gasteiger partial charge is 0.0411 e. The molecule has 0 bridgehead atoms. The molecule has 1 N–H and O–H groups in total. The number of hydrogen-bond acceptors (Lipinski definition) is 3. The molecule has 1 aliphatic heterocycles. The molecule has 1 aliphatic rings. The molecule has 2 heterocycles. The topological polar surface area (TPSA) is 15.3 Å². The molecule has 0 aliphatic carbocycles. The molecule has 3 heteroatoms. The molecule has 0 unspecified atom stereocenters. The van der Waals surface area contributed by atoms with Gasteiger partial charge in [-0.15, -0.1) is 11.3 Å². The Bertz CT molecular complexity index is 530. The van der Waals surface area contributed by atoms with Crippen molar-refractivity contribution in [3.63, 3.8) is 0 Å². The Morgan fingerprint density at radius 1 is 1.15 bits per heavy atom. The minimum atomic E-state index is 0.418. The molecule has 0 amide bonds. The van der Waals surface area contributed by atoms with Crippen LogP contribution in [0.4, 0.5) is 5.69 Å². The summed E-state index contributed by atoms with van der Waals surface area (Å²) in [5, 5.41) is 5.79. The summed E-state index contributed by atoms with van der Waals surface area (Å²) in [5.41, 5.74) is 2.83. The summed E-state index contributed by atoms with van der Waals surface area (Å²) < 4.78 is 0. The first kappa shape index (κ1) is 13.7. The summed E-state index contributed by atoms with van der Waals surface area (Å²) in [5.74, 6) is 0. The fourth-order valence-corrected chi connectivity index (χ4v) is 3.59. The second kappa shape index (κ2) is 6.42. The maximum atomic E-state index is 3.65. The largest absolute Gasteiger partial charge is 0.371 e. The highest BCUT2D eigenvalue weighted by atomic mass is 32.1. The van der Waals surface area contributed by atoms with Gasteiger partial charge in [-0.2, -0.15) is 0 Å². The van der Waals surface area contributed by atoms with Crippen LogP contribution in [-0.2, 0) is 6.54 Å². The Hall–Kier alpha value is -1.32. The van der Waals surface area contributed by atoms with Crippen molar-refractivity contribution in [2.45, 2.75) is 32.4 Å². The molecular formula is C17H22N2S. The van der Waals surface area contributed by atoms with Crippen LogP contribution in [0.3, 0.4) is 0 Å². The van der Waals surface area contributed by atoms with Crippen LogP contribution in [0, 0.1) is 0 Å². The standard InChI is InChI=1S/C17H22N2S/c1-14(17-9-6-12-20-17)18-13-15-7-2-3-8-16(15)19-10-4-5-11-19/h2-3,6-9,12,14,18H,4-5,10-11,13H2,1H3/t14-/m1/s1. The average molecular weight is 286 g/mol. The third kappa shape index (κ3) is 3.05. The molecule has 1 saturated heterocycles. The fraction of sp³-hybridized carbons (Fsp3) is 0.412. The van der Waals surface area contributed by atoms with Crippen LogP contribution in [0.15, 0.2) is 41.8 Å². The second-order valence-corrected chi connectivity index (χ2v) is 6.42. The SMILES string of the molecule is C[C@@H](NCc1ccccc1N1CCCC1)c1cccs1. The van der Waals surface area contributed by atoms with Gasteiger partial charge in [-0.3, -0.25) is 0 Å². The van der Waals surface area contributed by atoms with E-state index < -0.39 is 0 Å². The van der Waals surface area contributed by atoms with E-state index in [4.69, 9.17) is 0 Å². The first-order valence-electron chi connectivity index (χ1n) is 7.44. The summed E-state index contributed by atoms with van der Waals surface area (Å²) in [6.07, 6.45) is 2.65. The number of hydrogen-bond donors (Lipinski definition) is 1. The lowest BCUT2D eigenvalue weighted by Crippen LogP contribution is -2.22. The second-order valence-electron chi connectivity index (χ2n) is 5.44. The molecule has 0 saturated carbocycles. The lowest BCUT2D eigenvalue weighted by atomic mass is 10.1. The third-order valence-corrected chi connectivity index (χ3v) is 5.06. The predicted octanol–water partition coefficient (Wildman–Crippen LogP) is 4.20. The van der Waals surface area contributed by atoms with Gasteiger partial charge in [0.05, 0.1) is 0 Å². The molecule has 1 atom stereocenters. The van der Waals surface area contributed by atoms with E-state index >= 15 is 0 Å². The number of thiophene rings is 1. The molecule has 20 heavy (non-hydrogen) atoms. The van der Waals surface area contributed by atoms with Crippen LogP contribution in [0.5, 0.6) is 0 Å². The van der Waals surface area contributed by atoms with Crippen LogP contribution < -0.4 is 10.2 Å². The Morgan fingerprint density at radius 3 is 2.70 bits per heavy atom. The Kier molecular flexibility index (Phi) is 4.38. The summed E-state index contributed by atoms with van der Waals surface area (Å²) in [6, 6.07) is 13.6. The Morgan fingerprint density at radius 2 is 1.95 bits per heavy atom. The van der Waals surface area contributed by atoms with Crippen molar-refractivity contribution in [2.75, 3.05) is 18.0 Å². The Balaban J connectivity index is 1.68. The molecule has 1 aromatic carbocycles. The average Bonchev–Trinajstić information content (AvgIpc) is 3.17. The minimum Gasteiger partial charge on any atom is -0.371 e. The molecule has 0 spiro atoms. The van der Waals surface area contributed by atoms with Crippen molar-refractivity contribution >= 4 is 17.0 Å². The van der Waals surface area contributed by atoms with E-state index in [-0.39, 0.29) is 0 Å². The highest BCUT2D eigenvalue weighted by molar-refractivity contribution is 7.10. The van der Waals surface area contributed by atoms with E-state index in [1.54, 1.807) is 0 Å². The minimum absolute atomic E-state index is 0.418. The van der Waals surface area contributed by atoms with Crippen LogP contribution in [0.1, 0.15) is 36.2 Å². The summed E-state index contributed by atoms with van der Waals surface area (Å²) in [7, 11) is 0. The van der Waals surface area contributed by atoms with E-state index in [1.165, 1.54) is 42.1 Å². The molecule has 2 nitrogen and oxygen atoms in total. The van der Waals surface area contributed by atoms with Crippen LogP contribution in [-0.4, -0.2) is 13.1 Å². The van der Waals surface area contributed by atoms with Crippen LogP contribution in [0.2, 0.25) is 0 Å². The zero-order chi connectivity index (χ0) is 13.8. The van der Waals surface area contributed by atoms with Gasteiger partial charge >= 0.3 is 0 Å². The van der Waals surface area contributed by atoms with Crippen LogP contribution in [0.25, 0.3) is 0 Å². The van der Waals surface area contributed by atoms with Crippen LogP contribution >= 0.6 is 11.3 Å². The summed E-state index contributed by atoms with van der Waals surface area (Å²) in [4.78, 5) is 3.93. The zero-order valence-electron chi connectivity index (χ0n) is 12.0. The number of anilines is 1. The number of para-hydroxylation sites is 1. The van der Waals surface area contributed by atoms with E-state index in [2.05, 4.69) is 58.9 Å². The maximum absolute atomic E-state index is 3.65. The lowest BCUT2D eigenvalue weighted by molar-refractivity contribution is 0.582. The molecule has 106 valence electrons. The van der Waals surface area contributed by atoms with Gasteiger partial charge in [-0.05, 0) is 42.8 Å². The van der Waals surface area contributed by atoms with Gasteiger partial charge in [0.2, 0.25) is 0 Å². The van der Waals surface area contributed by atoms with Crippen molar-refractivity contribution in [1.82, 2.24) is 5.32 Å². The fourth-order valence-electron chi connectivity index (χ4n) is 2.83. The molecule has 3 rings (SSSR count). The summed E-state index contributed by atoms with van der Waals surface area (Å²) in [6.45, 7) is 5.59. The van der Waals surface area contributed by atoms with E-state index in [0.29, 0.717) is 6.04 Å². The molecule has 0 radical (unpaired) electrons. The van der Waals surface area contributed by atoms with E-state index in [9.17, 15) is 0 Å². The quantitative estimate of drug-likeness (QED) is 0.886. The van der Waals surface area contributed by atoms with Gasteiger partial charge < -0.3 is 10.2 Å². The van der Waals surface area contributed by atoms with Crippen molar-refractivity contribution in [2.24, 2.45) is 0 Å². The first-order chi connectivity index (χ1) is 9.84. The van der Waals surface area contributed by atoms with Gasteiger partial charge in [0.25, 0.3) is 0 Å². The van der Waals surface area contributed by atoms with Gasteiger partial charge in [0.15, 0.2) is 0 Å². The molecule has 1 fully saturated rings. The van der Waals surface area contributed by atoms with Gasteiger partial charge in [0.1, 0.15) is 0 Å². The van der Waals surface area contributed by atoms with E-state index in [0.717, 1.165) is 6.54 Å². The number of nitrogens with one attached hydrogen (secondary N) is 1.